The van der Waals surface area contributed by atoms with Gasteiger partial charge in [-0.3, -0.25) is 4.57 Å². The van der Waals surface area contributed by atoms with Crippen molar-refractivity contribution in [3.8, 4) is 0 Å². The number of rotatable bonds is 3. The van der Waals surface area contributed by atoms with E-state index in [-0.39, 0.29) is 11.1 Å². The van der Waals surface area contributed by atoms with Crippen LogP contribution in [0.25, 0.3) is 0 Å². The van der Waals surface area contributed by atoms with Gasteiger partial charge < -0.3 is 9.79 Å². The lowest BCUT2D eigenvalue weighted by Gasteiger charge is -2.04. The van der Waals surface area contributed by atoms with Crippen LogP contribution in [-0.2, 0) is 20.2 Å². The van der Waals surface area contributed by atoms with Crippen LogP contribution in [-0.4, -0.2) is 24.5 Å². The standard InChI is InChI=1S/C8H11O5PS/c1-15(12,13)6-7-2-4-8(5-3-7)14(9,10)11/h2-5H,6H2,1H3,(H2,9,10,11). The van der Waals surface area contributed by atoms with Crippen LogP contribution in [0, 0.1) is 0 Å². The maximum absolute atomic E-state index is 10.9. The summed E-state index contributed by atoms with van der Waals surface area (Å²) in [5, 5.41) is -0.111. The quantitative estimate of drug-likeness (QED) is 0.739. The molecule has 1 rings (SSSR count). The van der Waals surface area contributed by atoms with Crippen molar-refractivity contribution in [2.24, 2.45) is 0 Å². The Kier molecular flexibility index (Phi) is 3.35. The fourth-order valence-corrected chi connectivity index (χ4v) is 2.42. The fraction of sp³-hybridized carbons (Fsp3) is 0.250. The average molecular weight is 250 g/mol. The summed E-state index contributed by atoms with van der Waals surface area (Å²) in [5.41, 5.74) is 0.509. The molecule has 1 aromatic carbocycles. The van der Waals surface area contributed by atoms with E-state index in [9.17, 15) is 13.0 Å². The van der Waals surface area contributed by atoms with E-state index in [0.717, 1.165) is 6.26 Å². The highest BCUT2D eigenvalue weighted by molar-refractivity contribution is 7.89. The van der Waals surface area contributed by atoms with Crippen molar-refractivity contribution in [3.05, 3.63) is 29.8 Å². The van der Waals surface area contributed by atoms with Gasteiger partial charge in [-0.25, -0.2) is 8.42 Å². The van der Waals surface area contributed by atoms with E-state index in [0.29, 0.717) is 5.56 Å². The van der Waals surface area contributed by atoms with Gasteiger partial charge in [0, 0.05) is 6.26 Å². The minimum atomic E-state index is -4.24. The Balaban J connectivity index is 2.97. The number of sulfone groups is 1. The molecule has 2 N–H and O–H groups in total. The van der Waals surface area contributed by atoms with Crippen molar-refractivity contribution >= 4 is 22.7 Å². The third-order valence-electron chi connectivity index (χ3n) is 1.70. The summed E-state index contributed by atoms with van der Waals surface area (Å²) in [5.74, 6) is -0.131. The van der Waals surface area contributed by atoms with Gasteiger partial charge in [0.1, 0.15) is 0 Å². The van der Waals surface area contributed by atoms with Gasteiger partial charge in [0.15, 0.2) is 9.84 Å². The molecule has 1 aromatic rings. The van der Waals surface area contributed by atoms with Crippen molar-refractivity contribution in [3.63, 3.8) is 0 Å². The van der Waals surface area contributed by atoms with Crippen LogP contribution < -0.4 is 5.30 Å². The number of hydrogen-bond acceptors (Lipinski definition) is 3. The summed E-state index contributed by atoms with van der Waals surface area (Å²) in [6.45, 7) is 0. The molecule has 0 heterocycles. The van der Waals surface area contributed by atoms with E-state index < -0.39 is 17.4 Å². The monoisotopic (exact) mass is 250 g/mol. The van der Waals surface area contributed by atoms with Crippen LogP contribution in [0.2, 0.25) is 0 Å². The first kappa shape index (κ1) is 12.4. The van der Waals surface area contributed by atoms with E-state index in [2.05, 4.69) is 0 Å². The zero-order chi connectivity index (χ0) is 11.7. The van der Waals surface area contributed by atoms with Crippen molar-refractivity contribution in [2.45, 2.75) is 5.75 Å². The topological polar surface area (TPSA) is 91.7 Å². The first-order valence-electron chi connectivity index (χ1n) is 4.01. The maximum Gasteiger partial charge on any atom is 0.356 e. The molecule has 0 aromatic heterocycles. The molecule has 0 aliphatic rings. The third kappa shape index (κ3) is 4.13. The molecule has 0 amide bonds. The average Bonchev–Trinajstić information content (AvgIpc) is 2.00. The summed E-state index contributed by atoms with van der Waals surface area (Å²) in [7, 11) is -7.36. The normalized spacial score (nSPS) is 12.7. The van der Waals surface area contributed by atoms with Gasteiger partial charge >= 0.3 is 7.60 Å². The molecule has 84 valence electrons. The van der Waals surface area contributed by atoms with Crippen LogP contribution in [0.3, 0.4) is 0 Å². The minimum absolute atomic E-state index is 0.111. The van der Waals surface area contributed by atoms with Crippen LogP contribution in [0.15, 0.2) is 24.3 Å². The molecule has 0 bridgehead atoms. The summed E-state index contributed by atoms with van der Waals surface area (Å²) in [6.07, 6.45) is 1.10. The van der Waals surface area contributed by atoms with E-state index >= 15 is 0 Å². The minimum Gasteiger partial charge on any atom is -0.321 e. The Hall–Kier alpha value is -0.680. The molecule has 15 heavy (non-hydrogen) atoms. The van der Waals surface area contributed by atoms with E-state index in [1.807, 2.05) is 0 Å². The Bertz CT molecular complexity index is 484. The summed E-state index contributed by atoms with van der Waals surface area (Å²) >= 11 is 0. The molecular formula is C8H11O5PS. The van der Waals surface area contributed by atoms with Crippen molar-refractivity contribution in [1.29, 1.82) is 0 Å². The second-order valence-electron chi connectivity index (χ2n) is 3.28. The summed E-state index contributed by atoms with van der Waals surface area (Å²) in [4.78, 5) is 17.6. The van der Waals surface area contributed by atoms with Gasteiger partial charge in [0.25, 0.3) is 0 Å². The predicted octanol–water partition coefficient (Wildman–Crippen LogP) is 0.0342. The number of hydrogen-bond donors (Lipinski definition) is 2. The largest absolute Gasteiger partial charge is 0.356 e. The van der Waals surface area contributed by atoms with Gasteiger partial charge in [-0.1, -0.05) is 12.1 Å². The van der Waals surface area contributed by atoms with E-state index in [1.165, 1.54) is 24.3 Å². The highest BCUT2D eigenvalue weighted by Gasteiger charge is 2.16. The van der Waals surface area contributed by atoms with Gasteiger partial charge in [0.05, 0.1) is 11.1 Å². The highest BCUT2D eigenvalue weighted by Crippen LogP contribution is 2.32. The molecule has 0 saturated carbocycles. The van der Waals surface area contributed by atoms with Gasteiger partial charge in [0.2, 0.25) is 0 Å². The Morgan fingerprint density at radius 3 is 2.00 bits per heavy atom. The molecule has 7 heteroatoms. The molecule has 0 aliphatic heterocycles. The van der Waals surface area contributed by atoms with Crippen molar-refractivity contribution in [2.75, 3.05) is 6.26 Å². The van der Waals surface area contributed by atoms with Crippen LogP contribution in [0.5, 0.6) is 0 Å². The van der Waals surface area contributed by atoms with Crippen LogP contribution >= 0.6 is 7.60 Å². The lowest BCUT2D eigenvalue weighted by atomic mass is 10.2. The van der Waals surface area contributed by atoms with Crippen molar-refractivity contribution in [1.82, 2.24) is 0 Å². The third-order valence-corrected chi connectivity index (χ3v) is 3.53. The first-order valence-corrected chi connectivity index (χ1v) is 7.68. The molecular weight excluding hydrogens is 239 g/mol. The lowest BCUT2D eigenvalue weighted by Crippen LogP contribution is -2.05. The second-order valence-corrected chi connectivity index (χ2v) is 7.03. The van der Waals surface area contributed by atoms with Crippen molar-refractivity contribution < 1.29 is 22.8 Å². The van der Waals surface area contributed by atoms with Gasteiger partial charge in [-0.2, -0.15) is 0 Å². The Morgan fingerprint density at radius 1 is 1.20 bits per heavy atom. The SMILES string of the molecule is CS(=O)(=O)Cc1ccc(P(=O)(O)O)cc1. The zero-order valence-electron chi connectivity index (χ0n) is 7.99. The maximum atomic E-state index is 10.9. The molecule has 0 aliphatic carbocycles. The van der Waals surface area contributed by atoms with Gasteiger partial charge in [-0.15, -0.1) is 0 Å². The molecule has 0 fully saturated rings. The number of benzene rings is 1. The molecule has 0 radical (unpaired) electrons. The van der Waals surface area contributed by atoms with Crippen LogP contribution in [0.4, 0.5) is 0 Å². The highest BCUT2D eigenvalue weighted by atomic mass is 32.2. The molecule has 0 spiro atoms. The summed E-state index contributed by atoms with van der Waals surface area (Å²) < 4.78 is 32.7. The lowest BCUT2D eigenvalue weighted by molar-refractivity contribution is 0.387. The molecule has 0 saturated heterocycles. The molecule has 0 atom stereocenters. The predicted molar refractivity (Wildman–Crippen MR) is 56.7 cm³/mol. The Morgan fingerprint density at radius 2 is 1.67 bits per heavy atom. The second kappa shape index (κ2) is 4.06. The van der Waals surface area contributed by atoms with Gasteiger partial charge in [-0.05, 0) is 17.7 Å². The zero-order valence-corrected chi connectivity index (χ0v) is 9.70. The summed E-state index contributed by atoms with van der Waals surface area (Å²) in [6, 6.07) is 5.27. The molecule has 5 nitrogen and oxygen atoms in total. The van der Waals surface area contributed by atoms with Crippen LogP contribution in [0.1, 0.15) is 5.56 Å². The fourth-order valence-electron chi connectivity index (χ4n) is 1.09. The first-order chi connectivity index (χ1) is 6.68. The Labute approximate surface area is 87.8 Å². The molecule has 0 unspecified atom stereocenters. The van der Waals surface area contributed by atoms with E-state index in [1.54, 1.807) is 0 Å². The van der Waals surface area contributed by atoms with E-state index in [4.69, 9.17) is 9.79 Å². The smallest absolute Gasteiger partial charge is 0.321 e.